The number of hydrogen-bond acceptors (Lipinski definition) is 6. The Kier molecular flexibility index (Phi) is 6.79. The van der Waals surface area contributed by atoms with Crippen LogP contribution in [0.5, 0.6) is 0 Å². The van der Waals surface area contributed by atoms with Gasteiger partial charge in [0.05, 0.1) is 31.5 Å². The molecular formula is C11H20B2O6. The summed E-state index contributed by atoms with van der Waals surface area (Å²) in [5, 5.41) is 35.3. The molecule has 2 aliphatic rings. The van der Waals surface area contributed by atoms with Crippen molar-refractivity contribution in [1.29, 1.82) is 0 Å². The summed E-state index contributed by atoms with van der Waals surface area (Å²) in [5.41, 5.74) is 0. The van der Waals surface area contributed by atoms with E-state index in [4.69, 9.17) is 40.5 Å². The SMILES string of the molecule is [B][C@@H]1O[C@H](CO)C[C@H]1O.[B][C@@H]1O[C@H](CO)[C@@H](O)[C@H]1C. The van der Waals surface area contributed by atoms with E-state index in [-0.39, 0.29) is 25.2 Å². The minimum atomic E-state index is -0.625. The van der Waals surface area contributed by atoms with Gasteiger partial charge in [0.15, 0.2) is 0 Å². The van der Waals surface area contributed by atoms with Gasteiger partial charge in [0, 0.05) is 24.3 Å². The van der Waals surface area contributed by atoms with Crippen LogP contribution in [0, 0.1) is 5.92 Å². The molecule has 0 aromatic heterocycles. The summed E-state index contributed by atoms with van der Waals surface area (Å²) in [6.07, 6.45) is -1.56. The highest BCUT2D eigenvalue weighted by molar-refractivity contribution is 6.11. The molecule has 106 valence electrons. The maximum atomic E-state index is 9.26. The Hall–Kier alpha value is -0.110. The molecule has 0 unspecified atom stereocenters. The minimum Gasteiger partial charge on any atom is -0.394 e. The van der Waals surface area contributed by atoms with Crippen molar-refractivity contribution >= 4 is 15.7 Å². The highest BCUT2D eigenvalue weighted by atomic mass is 16.5. The van der Waals surface area contributed by atoms with Crippen LogP contribution in [0.2, 0.25) is 0 Å². The molecule has 7 atom stereocenters. The van der Waals surface area contributed by atoms with Gasteiger partial charge in [-0.25, -0.2) is 0 Å². The summed E-state index contributed by atoms with van der Waals surface area (Å²) in [6, 6.07) is -1.05. The number of aliphatic hydroxyl groups is 4. The first-order chi connectivity index (χ1) is 8.90. The topological polar surface area (TPSA) is 99.4 Å². The first-order valence-corrected chi connectivity index (χ1v) is 6.30. The average molecular weight is 270 g/mol. The third-order valence-electron chi connectivity index (χ3n) is 3.39. The maximum absolute atomic E-state index is 9.26. The van der Waals surface area contributed by atoms with Crippen molar-refractivity contribution in [2.24, 2.45) is 5.92 Å². The lowest BCUT2D eigenvalue weighted by Gasteiger charge is -2.11. The predicted octanol–water partition coefficient (Wildman–Crippen LogP) is -2.51. The van der Waals surface area contributed by atoms with Crippen molar-refractivity contribution in [2.45, 2.75) is 49.8 Å². The van der Waals surface area contributed by atoms with Crippen molar-refractivity contribution in [1.82, 2.24) is 0 Å². The number of hydrogen-bond donors (Lipinski definition) is 4. The second-order valence-electron chi connectivity index (χ2n) is 4.88. The smallest absolute Gasteiger partial charge is 0.112 e. The second kappa shape index (κ2) is 7.61. The monoisotopic (exact) mass is 270 g/mol. The normalized spacial score (nSPS) is 45.8. The fourth-order valence-electron chi connectivity index (χ4n) is 1.98. The summed E-state index contributed by atoms with van der Waals surface area (Å²) in [6.45, 7) is 1.56. The first-order valence-electron chi connectivity index (χ1n) is 6.30. The van der Waals surface area contributed by atoms with Crippen LogP contribution in [0.4, 0.5) is 0 Å². The molecule has 0 saturated carbocycles. The summed E-state index contributed by atoms with van der Waals surface area (Å²) >= 11 is 0. The van der Waals surface area contributed by atoms with Gasteiger partial charge in [0.1, 0.15) is 21.8 Å². The van der Waals surface area contributed by atoms with Crippen LogP contribution in [0.1, 0.15) is 13.3 Å². The van der Waals surface area contributed by atoms with Crippen LogP contribution in [-0.4, -0.2) is 85.8 Å². The van der Waals surface area contributed by atoms with Gasteiger partial charge in [-0.1, -0.05) is 6.92 Å². The minimum absolute atomic E-state index is 0.0647. The average Bonchev–Trinajstić information content (AvgIpc) is 2.85. The lowest BCUT2D eigenvalue weighted by Crippen LogP contribution is -2.28. The van der Waals surface area contributed by atoms with Gasteiger partial charge in [-0.2, -0.15) is 0 Å². The lowest BCUT2D eigenvalue weighted by atomic mass is 9.86. The van der Waals surface area contributed by atoms with E-state index in [0.29, 0.717) is 6.42 Å². The van der Waals surface area contributed by atoms with E-state index < -0.39 is 30.3 Å². The van der Waals surface area contributed by atoms with Crippen molar-refractivity contribution in [3.8, 4) is 0 Å². The summed E-state index contributed by atoms with van der Waals surface area (Å²) < 4.78 is 9.91. The van der Waals surface area contributed by atoms with Gasteiger partial charge < -0.3 is 29.9 Å². The molecule has 4 radical (unpaired) electrons. The fourth-order valence-corrected chi connectivity index (χ4v) is 1.98. The quantitative estimate of drug-likeness (QED) is 0.414. The first kappa shape index (κ1) is 16.9. The van der Waals surface area contributed by atoms with E-state index in [1.54, 1.807) is 6.92 Å². The fraction of sp³-hybridized carbons (Fsp3) is 1.00. The molecule has 4 N–H and O–H groups in total. The standard InChI is InChI=1S/C6H11BO3.C5H9BO3/c1-3-5(9)4(2-8)10-6(3)7;6-5-4(8)1-3(2-7)9-5/h3-6,8-9H,2H2,1H3;3-5,7-8H,1-2H2/t3-,4-,5+,6-;3-,4+,5+/m10/s1. The predicted molar refractivity (Wildman–Crippen MR) is 68.8 cm³/mol. The van der Waals surface area contributed by atoms with E-state index in [2.05, 4.69) is 0 Å². The molecular weight excluding hydrogens is 250 g/mol. The lowest BCUT2D eigenvalue weighted by molar-refractivity contribution is -0.00490. The molecule has 2 rings (SSSR count). The second-order valence-corrected chi connectivity index (χ2v) is 4.88. The molecule has 2 heterocycles. The Morgan fingerprint density at radius 1 is 1.05 bits per heavy atom. The van der Waals surface area contributed by atoms with Gasteiger partial charge >= 0.3 is 0 Å². The van der Waals surface area contributed by atoms with Crippen molar-refractivity contribution < 1.29 is 29.9 Å². The number of rotatable bonds is 2. The molecule has 2 fully saturated rings. The highest BCUT2D eigenvalue weighted by Gasteiger charge is 2.37. The van der Waals surface area contributed by atoms with Crippen molar-refractivity contribution in [3.05, 3.63) is 0 Å². The van der Waals surface area contributed by atoms with Crippen molar-refractivity contribution in [2.75, 3.05) is 13.2 Å². The van der Waals surface area contributed by atoms with Crippen molar-refractivity contribution in [3.63, 3.8) is 0 Å². The van der Waals surface area contributed by atoms with Gasteiger partial charge in [-0.3, -0.25) is 0 Å². The van der Waals surface area contributed by atoms with Crippen LogP contribution in [0.3, 0.4) is 0 Å². The molecule has 19 heavy (non-hydrogen) atoms. The molecule has 0 aromatic carbocycles. The van der Waals surface area contributed by atoms with Crippen LogP contribution in [0.15, 0.2) is 0 Å². The third-order valence-corrected chi connectivity index (χ3v) is 3.39. The molecule has 8 heteroatoms. The number of ether oxygens (including phenoxy) is 2. The molecule has 2 aliphatic heterocycles. The molecule has 2 saturated heterocycles. The zero-order valence-electron chi connectivity index (χ0n) is 10.9. The molecule has 0 bridgehead atoms. The largest absolute Gasteiger partial charge is 0.394 e. The maximum Gasteiger partial charge on any atom is 0.112 e. The van der Waals surface area contributed by atoms with Gasteiger partial charge in [0.2, 0.25) is 0 Å². The van der Waals surface area contributed by atoms with Gasteiger partial charge in [-0.05, 0) is 0 Å². The van der Waals surface area contributed by atoms with Crippen LogP contribution < -0.4 is 0 Å². The van der Waals surface area contributed by atoms with Crippen LogP contribution in [-0.2, 0) is 9.47 Å². The Morgan fingerprint density at radius 3 is 1.89 bits per heavy atom. The van der Waals surface area contributed by atoms with E-state index in [9.17, 15) is 5.11 Å². The van der Waals surface area contributed by atoms with E-state index in [0.717, 1.165) is 0 Å². The Balaban J connectivity index is 0.000000191. The Morgan fingerprint density at radius 2 is 1.68 bits per heavy atom. The number of aliphatic hydroxyl groups excluding tert-OH is 4. The van der Waals surface area contributed by atoms with Crippen LogP contribution >= 0.6 is 0 Å². The van der Waals surface area contributed by atoms with Gasteiger partial charge in [-0.15, -0.1) is 0 Å². The van der Waals surface area contributed by atoms with E-state index in [1.165, 1.54) is 0 Å². The van der Waals surface area contributed by atoms with Gasteiger partial charge in [0.25, 0.3) is 0 Å². The molecule has 0 spiro atoms. The summed E-state index contributed by atoms with van der Waals surface area (Å²) in [5.74, 6) is -0.0860. The zero-order chi connectivity index (χ0) is 14.6. The Labute approximate surface area is 115 Å². The zero-order valence-corrected chi connectivity index (χ0v) is 10.9. The molecule has 0 amide bonds. The molecule has 6 nitrogen and oxygen atoms in total. The Bertz CT molecular complexity index is 260. The summed E-state index contributed by atoms with van der Waals surface area (Å²) in [7, 11) is 10.7. The van der Waals surface area contributed by atoms with E-state index >= 15 is 0 Å². The third kappa shape index (κ3) is 4.44. The molecule has 0 aliphatic carbocycles. The summed E-state index contributed by atoms with van der Waals surface area (Å²) in [4.78, 5) is 0. The molecule has 0 aromatic rings. The highest BCUT2D eigenvalue weighted by Crippen LogP contribution is 2.24. The van der Waals surface area contributed by atoms with E-state index in [1.807, 2.05) is 0 Å². The van der Waals surface area contributed by atoms with Crippen LogP contribution in [0.25, 0.3) is 0 Å².